The summed E-state index contributed by atoms with van der Waals surface area (Å²) >= 11 is 1.42. The van der Waals surface area contributed by atoms with E-state index < -0.39 is 5.97 Å². The van der Waals surface area contributed by atoms with E-state index in [-0.39, 0.29) is 11.0 Å². The first-order valence-corrected chi connectivity index (χ1v) is 7.44. The van der Waals surface area contributed by atoms with Gasteiger partial charge in [-0.05, 0) is 30.7 Å². The number of para-hydroxylation sites is 1. The van der Waals surface area contributed by atoms with E-state index in [1.807, 2.05) is 43.3 Å². The van der Waals surface area contributed by atoms with Crippen molar-refractivity contribution in [1.82, 2.24) is 0 Å². The molecule has 0 aliphatic carbocycles. The number of aliphatic carboxylic acids is 1. The third-order valence-electron chi connectivity index (χ3n) is 3.33. The number of fused-ring (bicyclic) bond motifs is 3. The van der Waals surface area contributed by atoms with Crippen molar-refractivity contribution in [3.8, 4) is 0 Å². The van der Waals surface area contributed by atoms with Gasteiger partial charge in [0.05, 0.1) is 5.75 Å². The van der Waals surface area contributed by atoms with E-state index >= 15 is 0 Å². The predicted octanol–water partition coefficient (Wildman–Crippen LogP) is 4.46. The average Bonchev–Trinajstić information content (AvgIpc) is 2.82. The summed E-state index contributed by atoms with van der Waals surface area (Å²) in [5, 5.41) is 11.1. The second-order valence-electron chi connectivity index (χ2n) is 4.70. The van der Waals surface area contributed by atoms with Crippen molar-refractivity contribution >= 4 is 39.7 Å². The van der Waals surface area contributed by atoms with E-state index in [2.05, 4.69) is 6.07 Å². The van der Waals surface area contributed by atoms with E-state index in [1.165, 1.54) is 11.8 Å². The molecule has 1 N–H and O–H groups in total. The van der Waals surface area contributed by atoms with Crippen LogP contribution in [0.5, 0.6) is 0 Å². The monoisotopic (exact) mass is 286 g/mol. The maximum Gasteiger partial charge on any atom is 0.313 e. The van der Waals surface area contributed by atoms with Crippen LogP contribution in [-0.4, -0.2) is 16.8 Å². The molecule has 0 saturated heterocycles. The Morgan fingerprint density at radius 2 is 1.95 bits per heavy atom. The molecule has 0 saturated carbocycles. The molecule has 1 aromatic heterocycles. The van der Waals surface area contributed by atoms with Gasteiger partial charge in [0.2, 0.25) is 0 Å². The highest BCUT2D eigenvalue weighted by atomic mass is 32.2. The van der Waals surface area contributed by atoms with E-state index in [4.69, 9.17) is 9.52 Å². The molecule has 0 aliphatic rings. The molecule has 102 valence electrons. The van der Waals surface area contributed by atoms with Gasteiger partial charge in [-0.3, -0.25) is 4.79 Å². The molecule has 0 spiro atoms. The molecule has 4 heteroatoms. The summed E-state index contributed by atoms with van der Waals surface area (Å²) in [6.45, 7) is 2.02. The lowest BCUT2D eigenvalue weighted by molar-refractivity contribution is -0.133. The molecule has 2 aromatic carbocycles. The summed E-state index contributed by atoms with van der Waals surface area (Å²) in [7, 11) is 0. The normalized spacial score (nSPS) is 12.8. The Balaban J connectivity index is 2.01. The van der Waals surface area contributed by atoms with Gasteiger partial charge in [0.25, 0.3) is 0 Å². The molecule has 0 aliphatic heterocycles. The number of hydrogen-bond acceptors (Lipinski definition) is 3. The molecule has 1 unspecified atom stereocenters. The maximum absolute atomic E-state index is 10.6. The zero-order valence-corrected chi connectivity index (χ0v) is 11.8. The van der Waals surface area contributed by atoms with Gasteiger partial charge < -0.3 is 9.52 Å². The summed E-state index contributed by atoms with van der Waals surface area (Å²) in [4.78, 5) is 10.6. The second kappa shape index (κ2) is 5.21. The quantitative estimate of drug-likeness (QED) is 0.769. The van der Waals surface area contributed by atoms with Gasteiger partial charge >= 0.3 is 5.97 Å². The van der Waals surface area contributed by atoms with Gasteiger partial charge in [-0.1, -0.05) is 24.3 Å². The van der Waals surface area contributed by atoms with Crippen LogP contribution >= 0.6 is 11.8 Å². The highest BCUT2D eigenvalue weighted by Gasteiger charge is 2.12. The first-order chi connectivity index (χ1) is 9.65. The van der Waals surface area contributed by atoms with Crippen LogP contribution in [0.1, 0.15) is 17.7 Å². The molecule has 0 fully saturated rings. The maximum atomic E-state index is 10.6. The molecule has 1 atom stereocenters. The van der Waals surface area contributed by atoms with E-state index in [0.717, 1.165) is 27.5 Å². The third-order valence-corrected chi connectivity index (χ3v) is 4.51. The molecular weight excluding hydrogens is 272 g/mol. The number of hydrogen-bond donors (Lipinski definition) is 1. The third kappa shape index (κ3) is 2.39. The number of rotatable bonds is 4. The highest BCUT2D eigenvalue weighted by Crippen LogP contribution is 2.34. The van der Waals surface area contributed by atoms with Crippen LogP contribution in [0.4, 0.5) is 0 Å². The fourth-order valence-electron chi connectivity index (χ4n) is 2.29. The zero-order valence-electron chi connectivity index (χ0n) is 11.0. The Morgan fingerprint density at radius 3 is 2.75 bits per heavy atom. The molecule has 3 rings (SSSR count). The van der Waals surface area contributed by atoms with Gasteiger partial charge in [-0.15, -0.1) is 11.8 Å². The molecule has 0 radical (unpaired) electrons. The molecule has 3 nitrogen and oxygen atoms in total. The molecular formula is C16H14O3S. The smallest absolute Gasteiger partial charge is 0.313 e. The summed E-state index contributed by atoms with van der Waals surface area (Å²) in [5.41, 5.74) is 2.87. The Hall–Kier alpha value is -1.94. The average molecular weight is 286 g/mol. The van der Waals surface area contributed by atoms with Crippen molar-refractivity contribution in [3.63, 3.8) is 0 Å². The summed E-state index contributed by atoms with van der Waals surface area (Å²) in [6.07, 6.45) is 0. The van der Waals surface area contributed by atoms with Gasteiger partial charge in [0.1, 0.15) is 11.2 Å². The first-order valence-electron chi connectivity index (χ1n) is 6.40. The Kier molecular flexibility index (Phi) is 3.40. The minimum absolute atomic E-state index is 0.116. The van der Waals surface area contributed by atoms with Crippen molar-refractivity contribution in [1.29, 1.82) is 0 Å². The van der Waals surface area contributed by atoms with Crippen LogP contribution in [0.15, 0.2) is 46.9 Å². The van der Waals surface area contributed by atoms with Crippen LogP contribution in [0.25, 0.3) is 21.9 Å². The molecule has 3 aromatic rings. The van der Waals surface area contributed by atoms with E-state index in [1.54, 1.807) is 0 Å². The topological polar surface area (TPSA) is 50.4 Å². The summed E-state index contributed by atoms with van der Waals surface area (Å²) < 4.78 is 5.78. The van der Waals surface area contributed by atoms with Gasteiger partial charge in [0.15, 0.2) is 0 Å². The van der Waals surface area contributed by atoms with Crippen LogP contribution in [-0.2, 0) is 4.79 Å². The van der Waals surface area contributed by atoms with Crippen LogP contribution < -0.4 is 0 Å². The Morgan fingerprint density at radius 1 is 1.20 bits per heavy atom. The minimum atomic E-state index is -0.781. The lowest BCUT2D eigenvalue weighted by atomic mass is 10.1. The highest BCUT2D eigenvalue weighted by molar-refractivity contribution is 8.00. The fraction of sp³-hybridized carbons (Fsp3) is 0.188. The summed E-state index contributed by atoms with van der Waals surface area (Å²) in [6, 6.07) is 14.0. The number of furan rings is 1. The fourth-order valence-corrected chi connectivity index (χ4v) is 3.02. The van der Waals surface area contributed by atoms with Gasteiger partial charge in [0, 0.05) is 16.0 Å². The second-order valence-corrected chi connectivity index (χ2v) is 6.03. The van der Waals surface area contributed by atoms with Crippen molar-refractivity contribution < 1.29 is 14.3 Å². The van der Waals surface area contributed by atoms with Gasteiger partial charge in [-0.2, -0.15) is 0 Å². The standard InChI is InChI=1S/C16H14O3S/c1-10(20-9-16(17)18)11-6-7-15-13(8-11)12-4-2-3-5-14(12)19-15/h2-8,10H,9H2,1H3,(H,17,18). The van der Waals surface area contributed by atoms with Crippen molar-refractivity contribution in [2.75, 3.05) is 5.75 Å². The SMILES string of the molecule is CC(SCC(=O)O)c1ccc2oc3ccccc3c2c1. The number of carboxylic acid groups (broad SMARTS) is 1. The largest absolute Gasteiger partial charge is 0.481 e. The number of benzene rings is 2. The number of thioether (sulfide) groups is 1. The minimum Gasteiger partial charge on any atom is -0.481 e. The molecule has 20 heavy (non-hydrogen) atoms. The Labute approximate surface area is 120 Å². The predicted molar refractivity (Wildman–Crippen MR) is 82.2 cm³/mol. The van der Waals surface area contributed by atoms with Crippen LogP contribution in [0.3, 0.4) is 0 Å². The van der Waals surface area contributed by atoms with Crippen LogP contribution in [0, 0.1) is 0 Å². The lowest BCUT2D eigenvalue weighted by Gasteiger charge is -2.10. The molecule has 1 heterocycles. The van der Waals surface area contributed by atoms with Crippen molar-refractivity contribution in [2.45, 2.75) is 12.2 Å². The Bertz CT molecular complexity index is 776. The van der Waals surface area contributed by atoms with E-state index in [0.29, 0.717) is 0 Å². The van der Waals surface area contributed by atoms with E-state index in [9.17, 15) is 4.79 Å². The zero-order chi connectivity index (χ0) is 14.1. The van der Waals surface area contributed by atoms with Crippen molar-refractivity contribution in [3.05, 3.63) is 48.0 Å². The molecule has 0 amide bonds. The summed E-state index contributed by atoms with van der Waals surface area (Å²) in [5.74, 6) is -0.664. The molecule has 0 bridgehead atoms. The first kappa shape index (κ1) is 13.1. The van der Waals surface area contributed by atoms with Crippen LogP contribution in [0.2, 0.25) is 0 Å². The van der Waals surface area contributed by atoms with Gasteiger partial charge in [-0.25, -0.2) is 0 Å². The number of carbonyl (C=O) groups is 1. The lowest BCUT2D eigenvalue weighted by Crippen LogP contribution is -2.00. The van der Waals surface area contributed by atoms with Crippen molar-refractivity contribution in [2.24, 2.45) is 0 Å². The number of carboxylic acids is 1.